The van der Waals surface area contributed by atoms with Gasteiger partial charge in [-0.15, -0.1) is 0 Å². The highest BCUT2D eigenvalue weighted by atomic mass is 16.5. The van der Waals surface area contributed by atoms with Crippen LogP contribution in [0.3, 0.4) is 0 Å². The van der Waals surface area contributed by atoms with E-state index in [0.717, 1.165) is 60.5 Å². The summed E-state index contributed by atoms with van der Waals surface area (Å²) in [5, 5.41) is 4.05. The lowest BCUT2D eigenvalue weighted by Crippen LogP contribution is -2.35. The standard InChI is InChI=1S/C24H28N2O3/c1-17-3-8-22-21(16-29-24(22)18(17)2)13-23(27)25-14-19-4-6-20(7-5-19)15-26-9-11-28-12-10-26/h3-8,16H,9-15H2,1-2H3,(H,25,27). The van der Waals surface area contributed by atoms with Crippen molar-refractivity contribution in [3.63, 3.8) is 0 Å². The third-order valence-electron chi connectivity index (χ3n) is 5.72. The van der Waals surface area contributed by atoms with Crippen LogP contribution < -0.4 is 5.32 Å². The van der Waals surface area contributed by atoms with Crippen LogP contribution >= 0.6 is 0 Å². The highest BCUT2D eigenvalue weighted by Gasteiger charge is 2.13. The predicted molar refractivity (Wildman–Crippen MR) is 114 cm³/mol. The number of ether oxygens (including phenoxy) is 1. The van der Waals surface area contributed by atoms with Crippen LogP contribution in [0, 0.1) is 13.8 Å². The van der Waals surface area contributed by atoms with E-state index in [2.05, 4.69) is 47.5 Å². The molecule has 1 N–H and O–H groups in total. The number of nitrogens with zero attached hydrogens (tertiary/aromatic N) is 1. The summed E-state index contributed by atoms with van der Waals surface area (Å²) in [7, 11) is 0. The number of hydrogen-bond acceptors (Lipinski definition) is 4. The highest BCUT2D eigenvalue weighted by molar-refractivity contribution is 5.89. The van der Waals surface area contributed by atoms with Crippen molar-refractivity contribution in [2.45, 2.75) is 33.4 Å². The van der Waals surface area contributed by atoms with E-state index < -0.39 is 0 Å². The van der Waals surface area contributed by atoms with Crippen LogP contribution in [0.15, 0.2) is 47.1 Å². The quantitative estimate of drug-likeness (QED) is 0.694. The van der Waals surface area contributed by atoms with Gasteiger partial charge in [-0.2, -0.15) is 0 Å². The molecular weight excluding hydrogens is 364 g/mol. The van der Waals surface area contributed by atoms with Gasteiger partial charge in [0.05, 0.1) is 25.9 Å². The molecule has 1 fully saturated rings. The zero-order valence-corrected chi connectivity index (χ0v) is 17.2. The van der Waals surface area contributed by atoms with E-state index in [4.69, 9.17) is 9.15 Å². The van der Waals surface area contributed by atoms with Gasteiger partial charge in [-0.05, 0) is 36.1 Å². The maximum absolute atomic E-state index is 12.4. The Kier molecular flexibility index (Phi) is 5.97. The van der Waals surface area contributed by atoms with E-state index >= 15 is 0 Å². The smallest absolute Gasteiger partial charge is 0.224 e. The average Bonchev–Trinajstić information content (AvgIpc) is 3.14. The van der Waals surface area contributed by atoms with Gasteiger partial charge in [0.1, 0.15) is 5.58 Å². The lowest BCUT2D eigenvalue weighted by molar-refractivity contribution is -0.120. The van der Waals surface area contributed by atoms with Crippen LogP contribution in [0.1, 0.15) is 27.8 Å². The summed E-state index contributed by atoms with van der Waals surface area (Å²) in [6.07, 6.45) is 2.03. The molecule has 2 aromatic carbocycles. The topological polar surface area (TPSA) is 54.7 Å². The van der Waals surface area contributed by atoms with Gasteiger partial charge >= 0.3 is 0 Å². The summed E-state index contributed by atoms with van der Waals surface area (Å²) < 4.78 is 11.1. The van der Waals surface area contributed by atoms with E-state index in [-0.39, 0.29) is 5.91 Å². The van der Waals surface area contributed by atoms with Gasteiger partial charge in [0.2, 0.25) is 5.91 Å². The van der Waals surface area contributed by atoms with E-state index in [9.17, 15) is 4.79 Å². The van der Waals surface area contributed by atoms with Crippen LogP contribution in [0.4, 0.5) is 0 Å². The molecule has 0 radical (unpaired) electrons. The number of morpholine rings is 1. The lowest BCUT2D eigenvalue weighted by Gasteiger charge is -2.26. The third-order valence-corrected chi connectivity index (χ3v) is 5.72. The fraction of sp³-hybridized carbons (Fsp3) is 0.375. The van der Waals surface area contributed by atoms with Gasteiger partial charge in [0.25, 0.3) is 0 Å². The van der Waals surface area contributed by atoms with Crippen molar-refractivity contribution >= 4 is 16.9 Å². The Morgan fingerprint density at radius 1 is 1.03 bits per heavy atom. The number of benzene rings is 2. The van der Waals surface area contributed by atoms with Crippen LogP contribution in [0.5, 0.6) is 0 Å². The Morgan fingerprint density at radius 2 is 1.76 bits per heavy atom. The van der Waals surface area contributed by atoms with Gasteiger partial charge in [-0.3, -0.25) is 9.69 Å². The Morgan fingerprint density at radius 3 is 2.52 bits per heavy atom. The molecule has 0 atom stereocenters. The highest BCUT2D eigenvalue weighted by Crippen LogP contribution is 2.26. The summed E-state index contributed by atoms with van der Waals surface area (Å²) in [5.41, 5.74) is 6.53. The lowest BCUT2D eigenvalue weighted by atomic mass is 10.0. The minimum absolute atomic E-state index is 0.00308. The van der Waals surface area contributed by atoms with E-state index in [0.29, 0.717) is 13.0 Å². The predicted octanol–water partition coefficient (Wildman–Crippen LogP) is 3.74. The first-order chi connectivity index (χ1) is 14.1. The van der Waals surface area contributed by atoms with Crippen LogP contribution in [0.2, 0.25) is 0 Å². The van der Waals surface area contributed by atoms with Crippen molar-refractivity contribution in [2.75, 3.05) is 26.3 Å². The molecule has 5 heteroatoms. The minimum Gasteiger partial charge on any atom is -0.464 e. The number of nitrogens with one attached hydrogen (secondary N) is 1. The molecule has 5 nitrogen and oxygen atoms in total. The molecule has 0 spiro atoms. The first kappa shape index (κ1) is 19.7. The number of amides is 1. The third kappa shape index (κ3) is 4.69. The first-order valence-corrected chi connectivity index (χ1v) is 10.2. The number of rotatable bonds is 6. The summed E-state index contributed by atoms with van der Waals surface area (Å²) in [5.74, 6) is 0.00308. The molecule has 152 valence electrons. The largest absolute Gasteiger partial charge is 0.464 e. The molecule has 0 saturated carbocycles. The van der Waals surface area contributed by atoms with Gasteiger partial charge in [-0.1, -0.05) is 36.4 Å². The van der Waals surface area contributed by atoms with Crippen molar-refractivity contribution in [1.29, 1.82) is 0 Å². The Bertz CT molecular complexity index is 985. The zero-order chi connectivity index (χ0) is 20.2. The van der Waals surface area contributed by atoms with Crippen molar-refractivity contribution in [2.24, 2.45) is 0 Å². The molecule has 3 aromatic rings. The molecule has 0 unspecified atom stereocenters. The summed E-state index contributed by atoms with van der Waals surface area (Å²) in [6.45, 7) is 9.19. The molecule has 1 saturated heterocycles. The molecule has 1 aliphatic heterocycles. The Labute approximate surface area is 171 Å². The second-order valence-electron chi connectivity index (χ2n) is 7.80. The number of carbonyl (C=O) groups is 1. The summed E-state index contributed by atoms with van der Waals surface area (Å²) >= 11 is 0. The van der Waals surface area contributed by atoms with Gasteiger partial charge in [0, 0.05) is 37.1 Å². The second kappa shape index (κ2) is 8.80. The molecule has 2 heterocycles. The van der Waals surface area contributed by atoms with Gasteiger partial charge < -0.3 is 14.5 Å². The minimum atomic E-state index is 0.00308. The van der Waals surface area contributed by atoms with Gasteiger partial charge in [0.15, 0.2) is 0 Å². The molecule has 0 aliphatic carbocycles. The normalized spacial score (nSPS) is 15.0. The summed E-state index contributed by atoms with van der Waals surface area (Å²) in [4.78, 5) is 14.8. The fourth-order valence-electron chi connectivity index (χ4n) is 3.74. The van der Waals surface area contributed by atoms with Gasteiger partial charge in [-0.25, -0.2) is 0 Å². The molecule has 4 rings (SSSR count). The van der Waals surface area contributed by atoms with Crippen molar-refractivity contribution in [3.05, 3.63) is 70.5 Å². The van der Waals surface area contributed by atoms with Crippen molar-refractivity contribution < 1.29 is 13.9 Å². The van der Waals surface area contributed by atoms with Crippen LogP contribution in [-0.2, 0) is 29.0 Å². The molecular formula is C24H28N2O3. The number of aryl methyl sites for hydroxylation is 2. The summed E-state index contributed by atoms with van der Waals surface area (Å²) in [6, 6.07) is 12.6. The fourth-order valence-corrected chi connectivity index (χ4v) is 3.74. The molecule has 29 heavy (non-hydrogen) atoms. The number of fused-ring (bicyclic) bond motifs is 1. The van der Waals surface area contributed by atoms with Crippen molar-refractivity contribution in [1.82, 2.24) is 10.2 Å². The Balaban J connectivity index is 1.31. The maximum Gasteiger partial charge on any atom is 0.224 e. The molecule has 1 amide bonds. The Hall–Kier alpha value is -2.63. The van der Waals surface area contributed by atoms with Crippen LogP contribution in [0.25, 0.3) is 11.0 Å². The second-order valence-corrected chi connectivity index (χ2v) is 7.80. The van der Waals surface area contributed by atoms with Crippen LogP contribution in [-0.4, -0.2) is 37.1 Å². The van der Waals surface area contributed by atoms with Crippen molar-refractivity contribution in [3.8, 4) is 0 Å². The number of furan rings is 1. The van der Waals surface area contributed by atoms with E-state index in [1.807, 2.05) is 13.0 Å². The van der Waals surface area contributed by atoms with E-state index in [1.165, 1.54) is 11.1 Å². The monoisotopic (exact) mass is 392 g/mol. The average molecular weight is 392 g/mol. The molecule has 1 aromatic heterocycles. The first-order valence-electron chi connectivity index (χ1n) is 10.2. The maximum atomic E-state index is 12.4. The zero-order valence-electron chi connectivity index (χ0n) is 17.2. The molecule has 1 aliphatic rings. The SMILES string of the molecule is Cc1ccc2c(CC(=O)NCc3ccc(CN4CCOCC4)cc3)coc2c1C. The molecule has 0 bridgehead atoms. The number of hydrogen-bond donors (Lipinski definition) is 1. The van der Waals surface area contributed by atoms with E-state index in [1.54, 1.807) is 6.26 Å². The number of carbonyl (C=O) groups excluding carboxylic acids is 1.